The molecule has 2 N–H and O–H groups in total. The molecular weight excluding hydrogens is 382 g/mol. The molecule has 0 radical (unpaired) electrons. The minimum Gasteiger partial charge on any atom is -0.383 e. The molecule has 0 atom stereocenters. The standard InChI is InChI=1S/C22H35N5OS/c1-17-19(18(2)27(26-17)12-13-28-4)15-24-21(23-3)25-16-22(10-6-5-7-11-22)20-9-8-14-29-20/h8-9,14H,5-7,10-13,15-16H2,1-4H3,(H2,23,24,25). The highest BCUT2D eigenvalue weighted by molar-refractivity contribution is 7.10. The van der Waals surface area contributed by atoms with Crippen molar-refractivity contribution in [2.45, 2.75) is 64.5 Å². The second-order valence-corrected chi connectivity index (χ2v) is 8.91. The number of aliphatic imine (C=N–C) groups is 1. The molecule has 0 bridgehead atoms. The molecule has 1 aliphatic rings. The molecule has 1 saturated carbocycles. The topological polar surface area (TPSA) is 63.5 Å². The summed E-state index contributed by atoms with van der Waals surface area (Å²) in [6.07, 6.45) is 6.48. The number of guanidine groups is 1. The lowest BCUT2D eigenvalue weighted by molar-refractivity contribution is 0.182. The highest BCUT2D eigenvalue weighted by Crippen LogP contribution is 2.41. The van der Waals surface area contributed by atoms with Gasteiger partial charge in [0.2, 0.25) is 0 Å². The second-order valence-electron chi connectivity index (χ2n) is 7.96. The van der Waals surface area contributed by atoms with Gasteiger partial charge in [-0.3, -0.25) is 9.67 Å². The molecule has 1 fully saturated rings. The van der Waals surface area contributed by atoms with Crippen molar-refractivity contribution in [3.63, 3.8) is 0 Å². The Hall–Kier alpha value is -1.86. The molecule has 0 saturated heterocycles. The van der Waals surface area contributed by atoms with E-state index in [1.807, 2.05) is 23.1 Å². The molecule has 2 aromatic heterocycles. The first-order valence-electron chi connectivity index (χ1n) is 10.6. The number of ether oxygens (including phenoxy) is 1. The average Bonchev–Trinajstić information content (AvgIpc) is 3.37. The van der Waals surface area contributed by atoms with Gasteiger partial charge in [-0.2, -0.15) is 5.10 Å². The molecule has 1 aliphatic carbocycles. The van der Waals surface area contributed by atoms with Gasteiger partial charge in [0.1, 0.15) is 0 Å². The van der Waals surface area contributed by atoms with E-state index in [0.29, 0.717) is 6.61 Å². The molecule has 0 spiro atoms. The fourth-order valence-corrected chi connectivity index (χ4v) is 5.34. The normalized spacial score (nSPS) is 16.8. The quantitative estimate of drug-likeness (QED) is 0.507. The summed E-state index contributed by atoms with van der Waals surface area (Å²) in [4.78, 5) is 5.97. The van der Waals surface area contributed by atoms with Crippen molar-refractivity contribution in [2.75, 3.05) is 27.3 Å². The summed E-state index contributed by atoms with van der Waals surface area (Å²) < 4.78 is 7.22. The lowest BCUT2D eigenvalue weighted by atomic mass is 9.73. The van der Waals surface area contributed by atoms with Gasteiger partial charge < -0.3 is 15.4 Å². The Morgan fingerprint density at radius 2 is 2.07 bits per heavy atom. The maximum atomic E-state index is 5.19. The van der Waals surface area contributed by atoms with E-state index in [-0.39, 0.29) is 5.41 Å². The van der Waals surface area contributed by atoms with Gasteiger partial charge in [0.05, 0.1) is 18.8 Å². The van der Waals surface area contributed by atoms with Crippen LogP contribution in [0.4, 0.5) is 0 Å². The Morgan fingerprint density at radius 1 is 1.28 bits per heavy atom. The fourth-order valence-electron chi connectivity index (χ4n) is 4.35. The lowest BCUT2D eigenvalue weighted by Gasteiger charge is -2.37. The van der Waals surface area contributed by atoms with Gasteiger partial charge in [-0.05, 0) is 38.1 Å². The molecule has 0 unspecified atom stereocenters. The van der Waals surface area contributed by atoms with Crippen molar-refractivity contribution < 1.29 is 4.74 Å². The van der Waals surface area contributed by atoms with Crippen molar-refractivity contribution in [1.82, 2.24) is 20.4 Å². The van der Waals surface area contributed by atoms with Crippen LogP contribution in [0.3, 0.4) is 0 Å². The van der Waals surface area contributed by atoms with Crippen LogP contribution in [-0.4, -0.2) is 43.0 Å². The maximum absolute atomic E-state index is 5.19. The summed E-state index contributed by atoms with van der Waals surface area (Å²) in [6, 6.07) is 4.48. The number of rotatable bonds is 8. The number of aromatic nitrogens is 2. The Bertz CT molecular complexity index is 790. The highest BCUT2D eigenvalue weighted by Gasteiger charge is 2.34. The lowest BCUT2D eigenvalue weighted by Crippen LogP contribution is -2.46. The summed E-state index contributed by atoms with van der Waals surface area (Å²) in [5.41, 5.74) is 3.71. The third kappa shape index (κ3) is 5.20. The smallest absolute Gasteiger partial charge is 0.191 e. The number of thiophene rings is 1. The maximum Gasteiger partial charge on any atom is 0.191 e. The Balaban J connectivity index is 1.62. The molecule has 160 valence electrons. The zero-order valence-corrected chi connectivity index (χ0v) is 19.1. The number of nitrogens with one attached hydrogen (secondary N) is 2. The van der Waals surface area contributed by atoms with Gasteiger partial charge in [0, 0.05) is 48.8 Å². The van der Waals surface area contributed by atoms with Crippen LogP contribution in [0.1, 0.15) is 53.9 Å². The minimum absolute atomic E-state index is 0.237. The van der Waals surface area contributed by atoms with Crippen molar-refractivity contribution >= 4 is 17.3 Å². The summed E-state index contributed by atoms with van der Waals surface area (Å²) in [5, 5.41) is 14.0. The van der Waals surface area contributed by atoms with E-state index in [1.165, 1.54) is 48.2 Å². The molecule has 0 aromatic carbocycles. The number of hydrogen-bond acceptors (Lipinski definition) is 4. The molecule has 6 nitrogen and oxygen atoms in total. The highest BCUT2D eigenvalue weighted by atomic mass is 32.1. The van der Waals surface area contributed by atoms with Crippen LogP contribution in [0.15, 0.2) is 22.5 Å². The Labute approximate surface area is 178 Å². The van der Waals surface area contributed by atoms with Gasteiger partial charge in [0.25, 0.3) is 0 Å². The van der Waals surface area contributed by atoms with Crippen molar-refractivity contribution in [3.8, 4) is 0 Å². The van der Waals surface area contributed by atoms with Gasteiger partial charge in [0.15, 0.2) is 5.96 Å². The van der Waals surface area contributed by atoms with Crippen LogP contribution >= 0.6 is 11.3 Å². The molecular formula is C22H35N5OS. The second kappa shape index (κ2) is 10.3. The van der Waals surface area contributed by atoms with Gasteiger partial charge in [-0.1, -0.05) is 25.3 Å². The third-order valence-corrected chi connectivity index (χ3v) is 7.26. The van der Waals surface area contributed by atoms with Crippen molar-refractivity contribution in [3.05, 3.63) is 39.3 Å². The summed E-state index contributed by atoms with van der Waals surface area (Å²) in [7, 11) is 3.56. The zero-order chi connectivity index (χ0) is 20.7. The van der Waals surface area contributed by atoms with E-state index in [0.717, 1.165) is 31.3 Å². The van der Waals surface area contributed by atoms with Crippen LogP contribution in [-0.2, 0) is 23.2 Å². The summed E-state index contributed by atoms with van der Waals surface area (Å²) in [5.74, 6) is 0.856. The Morgan fingerprint density at radius 3 is 2.72 bits per heavy atom. The summed E-state index contributed by atoms with van der Waals surface area (Å²) in [6.45, 7) is 7.28. The first-order chi connectivity index (χ1) is 14.1. The van der Waals surface area contributed by atoms with Gasteiger partial charge >= 0.3 is 0 Å². The van der Waals surface area contributed by atoms with Crippen LogP contribution in [0.25, 0.3) is 0 Å². The number of hydrogen-bond donors (Lipinski definition) is 2. The predicted octanol–water partition coefficient (Wildman–Crippen LogP) is 3.77. The van der Waals surface area contributed by atoms with Gasteiger partial charge in [-0.15, -0.1) is 11.3 Å². The zero-order valence-electron chi connectivity index (χ0n) is 18.3. The van der Waals surface area contributed by atoms with Crippen molar-refractivity contribution in [2.24, 2.45) is 4.99 Å². The van der Waals surface area contributed by atoms with E-state index in [2.05, 4.69) is 52.1 Å². The van der Waals surface area contributed by atoms with E-state index in [9.17, 15) is 0 Å². The van der Waals surface area contributed by atoms with Crippen LogP contribution in [0, 0.1) is 13.8 Å². The van der Waals surface area contributed by atoms with Crippen molar-refractivity contribution in [1.29, 1.82) is 0 Å². The van der Waals surface area contributed by atoms with E-state index in [4.69, 9.17) is 4.74 Å². The summed E-state index contributed by atoms with van der Waals surface area (Å²) >= 11 is 1.89. The minimum atomic E-state index is 0.237. The van der Waals surface area contributed by atoms with Crippen LogP contribution < -0.4 is 10.6 Å². The first kappa shape index (κ1) is 21.8. The van der Waals surface area contributed by atoms with Gasteiger partial charge in [-0.25, -0.2) is 0 Å². The molecule has 0 aliphatic heterocycles. The number of aryl methyl sites for hydroxylation is 1. The largest absolute Gasteiger partial charge is 0.383 e. The number of nitrogens with zero attached hydrogens (tertiary/aromatic N) is 3. The molecule has 2 aromatic rings. The van der Waals surface area contributed by atoms with E-state index >= 15 is 0 Å². The van der Waals surface area contributed by atoms with E-state index in [1.54, 1.807) is 7.11 Å². The first-order valence-corrected chi connectivity index (χ1v) is 11.5. The van der Waals surface area contributed by atoms with E-state index < -0.39 is 0 Å². The molecule has 3 rings (SSSR count). The van der Waals surface area contributed by atoms with Crippen LogP contribution in [0.2, 0.25) is 0 Å². The predicted molar refractivity (Wildman–Crippen MR) is 121 cm³/mol. The Kier molecular flexibility index (Phi) is 7.72. The van der Waals surface area contributed by atoms with Crippen LogP contribution in [0.5, 0.6) is 0 Å². The SMILES string of the molecule is CN=C(NCc1c(C)nn(CCOC)c1C)NCC1(c2cccs2)CCCCC1. The average molecular weight is 418 g/mol. The molecule has 2 heterocycles. The molecule has 0 amide bonds. The molecule has 7 heteroatoms. The monoisotopic (exact) mass is 417 g/mol. The molecule has 29 heavy (non-hydrogen) atoms. The number of methoxy groups -OCH3 is 1. The third-order valence-electron chi connectivity index (χ3n) is 6.14. The fraction of sp³-hybridized carbons (Fsp3) is 0.636.